The molecule has 1 aromatic rings. The number of carbonyl (C=O) groups is 5. The molecule has 2 amide bonds. The van der Waals surface area contributed by atoms with Crippen LogP contribution in [0, 0.1) is 0 Å². The minimum atomic E-state index is -0.913. The fraction of sp³-hybridized carbons (Fsp3) is 0.694. The SMILES string of the molecule is CC(C)(C)OC(=O)CN(CC(=O)OC(C)(C)C)[C@@H](CCCCNC(=O)CCCCCNC(=O)OCc1ccccc1)C(=O)OC(C)(C)C. The highest BCUT2D eigenvalue weighted by atomic mass is 16.6. The molecular formula is C36H59N3O9. The van der Waals surface area contributed by atoms with Gasteiger partial charge in [-0.05, 0) is 100.0 Å². The molecule has 0 unspecified atom stereocenters. The quantitative estimate of drug-likeness (QED) is 0.110. The van der Waals surface area contributed by atoms with Crippen molar-refractivity contribution < 1.29 is 42.9 Å². The number of esters is 3. The van der Waals surface area contributed by atoms with Gasteiger partial charge in [0, 0.05) is 19.5 Å². The number of hydrogen-bond acceptors (Lipinski definition) is 10. The minimum Gasteiger partial charge on any atom is -0.459 e. The average molecular weight is 678 g/mol. The third-order valence-electron chi connectivity index (χ3n) is 6.41. The van der Waals surface area contributed by atoms with Crippen LogP contribution in [0.2, 0.25) is 0 Å². The molecule has 0 aliphatic heterocycles. The molecule has 1 atom stereocenters. The van der Waals surface area contributed by atoms with Gasteiger partial charge in [0.1, 0.15) is 29.5 Å². The van der Waals surface area contributed by atoms with Gasteiger partial charge in [-0.1, -0.05) is 36.8 Å². The van der Waals surface area contributed by atoms with Crippen molar-refractivity contribution in [2.75, 3.05) is 26.2 Å². The molecule has 272 valence electrons. The summed E-state index contributed by atoms with van der Waals surface area (Å²) in [4.78, 5) is 64.6. The number of nitrogens with one attached hydrogen (secondary N) is 2. The molecule has 0 saturated heterocycles. The Labute approximate surface area is 287 Å². The monoisotopic (exact) mass is 677 g/mol. The van der Waals surface area contributed by atoms with E-state index in [0.717, 1.165) is 18.4 Å². The fourth-order valence-corrected chi connectivity index (χ4v) is 4.51. The summed E-state index contributed by atoms with van der Waals surface area (Å²) in [7, 11) is 0. The molecule has 0 aromatic heterocycles. The van der Waals surface area contributed by atoms with Crippen molar-refractivity contribution in [3.63, 3.8) is 0 Å². The second-order valence-corrected chi connectivity index (χ2v) is 14.8. The first-order valence-corrected chi connectivity index (χ1v) is 16.9. The number of ether oxygens (including phenoxy) is 4. The molecule has 12 nitrogen and oxygen atoms in total. The maximum atomic E-state index is 13.4. The van der Waals surface area contributed by atoms with E-state index in [9.17, 15) is 24.0 Å². The van der Waals surface area contributed by atoms with Gasteiger partial charge in [-0.25, -0.2) is 4.79 Å². The molecule has 1 aromatic carbocycles. The predicted molar refractivity (Wildman–Crippen MR) is 183 cm³/mol. The fourth-order valence-electron chi connectivity index (χ4n) is 4.51. The Bertz CT molecular complexity index is 1120. The van der Waals surface area contributed by atoms with Crippen LogP contribution < -0.4 is 10.6 Å². The second-order valence-electron chi connectivity index (χ2n) is 14.8. The molecule has 0 saturated carbocycles. The van der Waals surface area contributed by atoms with Crippen molar-refractivity contribution in [2.45, 2.75) is 137 Å². The summed E-state index contributed by atoms with van der Waals surface area (Å²) in [5.41, 5.74) is -1.36. The van der Waals surface area contributed by atoms with Gasteiger partial charge >= 0.3 is 24.0 Å². The lowest BCUT2D eigenvalue weighted by molar-refractivity contribution is -0.168. The molecule has 0 spiro atoms. The van der Waals surface area contributed by atoms with E-state index in [1.54, 1.807) is 62.3 Å². The van der Waals surface area contributed by atoms with E-state index < -0.39 is 46.8 Å². The van der Waals surface area contributed by atoms with Crippen molar-refractivity contribution >= 4 is 29.9 Å². The van der Waals surface area contributed by atoms with Crippen LogP contribution in [-0.2, 0) is 44.7 Å². The van der Waals surface area contributed by atoms with E-state index in [4.69, 9.17) is 18.9 Å². The van der Waals surface area contributed by atoms with Crippen molar-refractivity contribution in [1.29, 1.82) is 0 Å². The molecule has 2 N–H and O–H groups in total. The Kier molecular flexibility index (Phi) is 18.2. The zero-order chi connectivity index (χ0) is 36.4. The summed E-state index contributed by atoms with van der Waals surface area (Å²) < 4.78 is 21.8. The predicted octanol–water partition coefficient (Wildman–Crippen LogP) is 5.46. The van der Waals surface area contributed by atoms with Crippen LogP contribution in [0.3, 0.4) is 0 Å². The highest BCUT2D eigenvalue weighted by Crippen LogP contribution is 2.18. The average Bonchev–Trinajstić information content (AvgIpc) is 2.92. The van der Waals surface area contributed by atoms with E-state index >= 15 is 0 Å². The summed E-state index contributed by atoms with van der Waals surface area (Å²) >= 11 is 0. The van der Waals surface area contributed by atoms with Gasteiger partial charge in [-0.2, -0.15) is 0 Å². The zero-order valence-electron chi connectivity index (χ0n) is 30.6. The van der Waals surface area contributed by atoms with E-state index in [1.165, 1.54) is 4.90 Å². The van der Waals surface area contributed by atoms with E-state index in [1.807, 2.05) is 30.3 Å². The van der Waals surface area contributed by atoms with E-state index in [-0.39, 0.29) is 32.0 Å². The maximum absolute atomic E-state index is 13.4. The third kappa shape index (κ3) is 22.0. The molecule has 0 fully saturated rings. The summed E-state index contributed by atoms with van der Waals surface area (Å²) in [6.45, 7) is 16.2. The highest BCUT2D eigenvalue weighted by Gasteiger charge is 2.34. The molecule has 0 heterocycles. The van der Waals surface area contributed by atoms with Gasteiger partial charge in [-0.3, -0.25) is 24.1 Å². The van der Waals surface area contributed by atoms with Crippen molar-refractivity contribution in [3.8, 4) is 0 Å². The Morgan fingerprint density at radius 2 is 1.19 bits per heavy atom. The van der Waals surface area contributed by atoms with Gasteiger partial charge in [-0.15, -0.1) is 0 Å². The molecule has 0 bridgehead atoms. The van der Waals surface area contributed by atoms with Crippen LogP contribution in [-0.4, -0.2) is 83.8 Å². The number of carbonyl (C=O) groups excluding carboxylic acids is 5. The first-order chi connectivity index (χ1) is 22.2. The van der Waals surface area contributed by atoms with Crippen LogP contribution in [0.1, 0.15) is 113 Å². The summed E-state index contributed by atoms with van der Waals surface area (Å²) in [5, 5.41) is 5.62. The number of hydrogen-bond donors (Lipinski definition) is 2. The van der Waals surface area contributed by atoms with Gasteiger partial charge < -0.3 is 29.6 Å². The van der Waals surface area contributed by atoms with E-state index in [0.29, 0.717) is 38.8 Å². The first-order valence-electron chi connectivity index (χ1n) is 16.9. The number of benzene rings is 1. The number of amides is 2. The minimum absolute atomic E-state index is 0.0783. The molecule has 12 heteroatoms. The first kappa shape index (κ1) is 42.4. The molecule has 0 radical (unpaired) electrons. The van der Waals surface area contributed by atoms with E-state index in [2.05, 4.69) is 10.6 Å². The summed E-state index contributed by atoms with van der Waals surface area (Å²) in [6.07, 6.45) is 3.45. The smallest absolute Gasteiger partial charge is 0.407 e. The maximum Gasteiger partial charge on any atom is 0.407 e. The van der Waals surface area contributed by atoms with Crippen LogP contribution in [0.4, 0.5) is 4.79 Å². The molecule has 0 aliphatic carbocycles. The highest BCUT2D eigenvalue weighted by molar-refractivity contribution is 5.80. The lowest BCUT2D eigenvalue weighted by atomic mass is 10.1. The van der Waals surface area contributed by atoms with Crippen LogP contribution in [0.25, 0.3) is 0 Å². The van der Waals surface area contributed by atoms with Crippen molar-refractivity contribution in [2.24, 2.45) is 0 Å². The Morgan fingerprint density at radius 3 is 1.73 bits per heavy atom. The van der Waals surface area contributed by atoms with Crippen molar-refractivity contribution in [1.82, 2.24) is 15.5 Å². The number of nitrogens with zero attached hydrogens (tertiary/aromatic N) is 1. The summed E-state index contributed by atoms with van der Waals surface area (Å²) in [6, 6.07) is 8.53. The Morgan fingerprint density at radius 1 is 0.667 bits per heavy atom. The summed E-state index contributed by atoms with van der Waals surface area (Å²) in [5.74, 6) is -1.79. The number of alkyl carbamates (subject to hydrolysis) is 1. The van der Waals surface area contributed by atoms with Gasteiger partial charge in [0.15, 0.2) is 0 Å². The normalized spacial score (nSPS) is 12.5. The van der Waals surface area contributed by atoms with Gasteiger partial charge in [0.05, 0.1) is 13.1 Å². The Balaban J connectivity index is 2.57. The largest absolute Gasteiger partial charge is 0.459 e. The van der Waals surface area contributed by atoms with Crippen molar-refractivity contribution in [3.05, 3.63) is 35.9 Å². The third-order valence-corrected chi connectivity index (χ3v) is 6.41. The molecule has 1 rings (SSSR count). The van der Waals surface area contributed by atoms with Crippen LogP contribution in [0.5, 0.6) is 0 Å². The molecular weight excluding hydrogens is 618 g/mol. The Hall–Kier alpha value is -3.67. The standard InChI is InChI=1S/C36H59N3O9/c1-34(2,3)46-30(41)24-39(25-31(42)47-35(4,5)6)28(32(43)48-36(7,8)9)20-15-17-22-37-29(40)21-14-11-16-23-38-33(44)45-26-27-18-12-10-13-19-27/h10,12-13,18-19,28H,11,14-17,20-26H2,1-9H3,(H,37,40)(H,38,44)/t28-/m0/s1. The lowest BCUT2D eigenvalue weighted by Crippen LogP contribution is -2.50. The second kappa shape index (κ2) is 20.6. The number of rotatable bonds is 19. The lowest BCUT2D eigenvalue weighted by Gasteiger charge is -2.33. The topological polar surface area (TPSA) is 150 Å². The van der Waals surface area contributed by atoms with Crippen LogP contribution >= 0.6 is 0 Å². The molecule has 48 heavy (non-hydrogen) atoms. The van der Waals surface area contributed by atoms with Crippen LogP contribution in [0.15, 0.2) is 30.3 Å². The van der Waals surface area contributed by atoms with Gasteiger partial charge in [0.2, 0.25) is 5.91 Å². The van der Waals surface area contributed by atoms with Gasteiger partial charge in [0.25, 0.3) is 0 Å². The number of unbranched alkanes of at least 4 members (excludes halogenated alkanes) is 3. The zero-order valence-corrected chi connectivity index (χ0v) is 30.6. The molecule has 0 aliphatic rings.